The molecule has 0 spiro atoms. The minimum Gasteiger partial charge on any atom is -0.298 e. The molecule has 0 atom stereocenters. The molecule has 28 heavy (non-hydrogen) atoms. The van der Waals surface area contributed by atoms with Gasteiger partial charge in [0.15, 0.2) is 11.6 Å². The molecule has 144 valence electrons. The monoisotopic (exact) mass is 379 g/mol. The van der Waals surface area contributed by atoms with E-state index in [0.717, 1.165) is 24.0 Å². The van der Waals surface area contributed by atoms with Gasteiger partial charge in [-0.05, 0) is 43.9 Å². The van der Waals surface area contributed by atoms with E-state index in [4.69, 9.17) is 0 Å². The summed E-state index contributed by atoms with van der Waals surface area (Å²) in [4.78, 5) is 25.2. The van der Waals surface area contributed by atoms with Crippen molar-refractivity contribution in [2.24, 2.45) is 0 Å². The lowest BCUT2D eigenvalue weighted by Crippen LogP contribution is -2.27. The van der Waals surface area contributed by atoms with E-state index in [9.17, 15) is 14.0 Å². The number of nitrogens with zero attached hydrogens (tertiary/aromatic N) is 3. The van der Waals surface area contributed by atoms with Gasteiger partial charge in [-0.25, -0.2) is 13.9 Å². The molecule has 2 aromatic carbocycles. The number of hydrogen-bond donors (Lipinski definition) is 0. The zero-order valence-corrected chi connectivity index (χ0v) is 15.8. The molecule has 0 bridgehead atoms. The lowest BCUT2D eigenvalue weighted by molar-refractivity contribution is -0.119. The number of benzene rings is 2. The molecule has 1 aliphatic rings. The first-order valence-electron chi connectivity index (χ1n) is 9.54. The van der Waals surface area contributed by atoms with Crippen LogP contribution in [0.5, 0.6) is 0 Å². The topological polar surface area (TPSA) is 56.9 Å². The van der Waals surface area contributed by atoms with Crippen LogP contribution in [0.25, 0.3) is 11.4 Å². The first-order valence-corrected chi connectivity index (χ1v) is 9.54. The van der Waals surface area contributed by atoms with Crippen molar-refractivity contribution >= 4 is 5.78 Å². The molecule has 0 N–H and O–H groups in total. The second-order valence-electron chi connectivity index (χ2n) is 7.37. The minimum atomic E-state index is -0.424. The molecule has 1 heterocycles. The molecule has 0 radical (unpaired) electrons. The minimum absolute atomic E-state index is 0.0400. The normalized spacial score (nSPS) is 13.6. The van der Waals surface area contributed by atoms with Gasteiger partial charge in [0.05, 0.1) is 5.56 Å². The number of ketones is 1. The molecule has 1 aliphatic carbocycles. The predicted octanol–water partition coefficient (Wildman–Crippen LogP) is 3.70. The van der Waals surface area contributed by atoms with E-state index in [1.807, 2.05) is 25.1 Å². The number of aromatic nitrogens is 3. The quantitative estimate of drug-likeness (QED) is 0.629. The van der Waals surface area contributed by atoms with Crippen molar-refractivity contribution in [2.75, 3.05) is 0 Å². The van der Waals surface area contributed by atoms with Crippen LogP contribution in [0.4, 0.5) is 4.39 Å². The van der Waals surface area contributed by atoms with Crippen LogP contribution in [0.2, 0.25) is 0 Å². The van der Waals surface area contributed by atoms with Crippen molar-refractivity contribution in [3.05, 3.63) is 76.0 Å². The Hall–Kier alpha value is -3.02. The Morgan fingerprint density at radius 1 is 1.18 bits per heavy atom. The fraction of sp³-hybridized carbons (Fsp3) is 0.318. The van der Waals surface area contributed by atoms with Crippen LogP contribution in [0.1, 0.15) is 36.4 Å². The molecule has 4 rings (SSSR count). The molecule has 1 saturated carbocycles. The highest BCUT2D eigenvalue weighted by Gasteiger charge is 2.31. The Balaban J connectivity index is 1.55. The number of halogens is 1. The summed E-state index contributed by atoms with van der Waals surface area (Å²) in [7, 11) is 0. The Kier molecular flexibility index (Phi) is 4.94. The van der Waals surface area contributed by atoms with Crippen molar-refractivity contribution in [3.8, 4) is 11.4 Å². The van der Waals surface area contributed by atoms with Gasteiger partial charge in [0.1, 0.15) is 12.4 Å². The standard InChI is InChI=1S/C22H22FN3O2/c1-15-5-4-6-16(13-15)9-12-18(27)14-25-22(28)26(17-10-11-17)21(24-25)19-7-2-3-8-20(19)23/h2-8,13,17H,9-12,14H2,1H3. The lowest BCUT2D eigenvalue weighted by atomic mass is 10.1. The summed E-state index contributed by atoms with van der Waals surface area (Å²) in [5.74, 6) is -0.187. The van der Waals surface area contributed by atoms with Crippen molar-refractivity contribution in [1.29, 1.82) is 0 Å². The zero-order chi connectivity index (χ0) is 19.7. The third kappa shape index (κ3) is 3.81. The van der Waals surface area contributed by atoms with Crippen LogP contribution in [-0.2, 0) is 17.8 Å². The van der Waals surface area contributed by atoms with E-state index in [2.05, 4.69) is 11.2 Å². The molecule has 3 aromatic rings. The summed E-state index contributed by atoms with van der Waals surface area (Å²) >= 11 is 0. The third-order valence-electron chi connectivity index (χ3n) is 5.00. The van der Waals surface area contributed by atoms with Crippen molar-refractivity contribution in [1.82, 2.24) is 14.3 Å². The molecule has 6 heteroatoms. The van der Waals surface area contributed by atoms with Crippen LogP contribution in [0.3, 0.4) is 0 Å². The van der Waals surface area contributed by atoms with Crippen LogP contribution >= 0.6 is 0 Å². The van der Waals surface area contributed by atoms with Gasteiger partial charge in [-0.15, -0.1) is 5.10 Å². The van der Waals surface area contributed by atoms with Crippen molar-refractivity contribution in [2.45, 2.75) is 45.2 Å². The zero-order valence-electron chi connectivity index (χ0n) is 15.8. The summed E-state index contributed by atoms with van der Waals surface area (Å²) in [5.41, 5.74) is 2.19. The Morgan fingerprint density at radius 3 is 2.68 bits per heavy atom. The second-order valence-corrected chi connectivity index (χ2v) is 7.37. The summed E-state index contributed by atoms with van der Waals surface area (Å²) in [5, 5.41) is 4.32. The van der Waals surface area contributed by atoms with Crippen LogP contribution in [0, 0.1) is 12.7 Å². The van der Waals surface area contributed by atoms with Gasteiger partial charge in [-0.3, -0.25) is 9.36 Å². The SMILES string of the molecule is Cc1cccc(CCC(=O)Cn2nc(-c3ccccc3F)n(C3CC3)c2=O)c1. The number of hydrogen-bond acceptors (Lipinski definition) is 3. The Morgan fingerprint density at radius 2 is 1.96 bits per heavy atom. The van der Waals surface area contributed by atoms with Gasteiger partial charge in [-0.1, -0.05) is 42.0 Å². The molecule has 0 aliphatic heterocycles. The second kappa shape index (κ2) is 7.54. The Bertz CT molecular complexity index is 1080. The van der Waals surface area contributed by atoms with E-state index in [-0.39, 0.29) is 29.6 Å². The molecule has 0 unspecified atom stereocenters. The van der Waals surface area contributed by atoms with E-state index >= 15 is 0 Å². The maximum absolute atomic E-state index is 14.3. The van der Waals surface area contributed by atoms with E-state index in [0.29, 0.717) is 18.7 Å². The number of rotatable bonds is 7. The van der Waals surface area contributed by atoms with E-state index in [1.54, 1.807) is 18.2 Å². The lowest BCUT2D eigenvalue weighted by Gasteiger charge is -2.04. The fourth-order valence-corrected chi connectivity index (χ4v) is 3.41. The van der Waals surface area contributed by atoms with Gasteiger partial charge in [0.25, 0.3) is 0 Å². The van der Waals surface area contributed by atoms with E-state index < -0.39 is 5.82 Å². The predicted molar refractivity (Wildman–Crippen MR) is 105 cm³/mol. The van der Waals surface area contributed by atoms with Crippen LogP contribution in [-0.4, -0.2) is 20.1 Å². The van der Waals surface area contributed by atoms with Gasteiger partial charge < -0.3 is 0 Å². The van der Waals surface area contributed by atoms with E-state index in [1.165, 1.54) is 15.3 Å². The van der Waals surface area contributed by atoms with Gasteiger partial charge in [0.2, 0.25) is 0 Å². The van der Waals surface area contributed by atoms with Gasteiger partial charge >= 0.3 is 5.69 Å². The van der Waals surface area contributed by atoms with Gasteiger partial charge in [-0.2, -0.15) is 0 Å². The fourth-order valence-electron chi connectivity index (χ4n) is 3.41. The average Bonchev–Trinajstić information content (AvgIpc) is 3.46. The number of carbonyl (C=O) groups is 1. The highest BCUT2D eigenvalue weighted by atomic mass is 19.1. The van der Waals surface area contributed by atoms with Crippen molar-refractivity contribution < 1.29 is 9.18 Å². The van der Waals surface area contributed by atoms with Crippen LogP contribution < -0.4 is 5.69 Å². The highest BCUT2D eigenvalue weighted by Crippen LogP contribution is 2.36. The molecule has 0 saturated heterocycles. The molecule has 1 fully saturated rings. The maximum Gasteiger partial charge on any atom is 0.346 e. The smallest absolute Gasteiger partial charge is 0.298 e. The molecule has 0 amide bonds. The highest BCUT2D eigenvalue weighted by molar-refractivity contribution is 5.78. The summed E-state index contributed by atoms with van der Waals surface area (Å²) < 4.78 is 17.0. The number of Topliss-reactive ketones (excluding diaryl/α,β-unsaturated/α-hetero) is 1. The molecule has 5 nitrogen and oxygen atoms in total. The first kappa shape index (κ1) is 18.3. The first-order chi connectivity index (χ1) is 13.5. The van der Waals surface area contributed by atoms with Crippen molar-refractivity contribution in [3.63, 3.8) is 0 Å². The average molecular weight is 379 g/mol. The summed E-state index contributed by atoms with van der Waals surface area (Å²) in [6.07, 6.45) is 2.70. The maximum atomic E-state index is 14.3. The largest absolute Gasteiger partial charge is 0.346 e. The van der Waals surface area contributed by atoms with Gasteiger partial charge in [0, 0.05) is 12.5 Å². The number of carbonyl (C=O) groups excluding carboxylic acids is 1. The van der Waals surface area contributed by atoms with Crippen LogP contribution in [0.15, 0.2) is 53.3 Å². The summed E-state index contributed by atoms with van der Waals surface area (Å²) in [6, 6.07) is 14.3. The molecular formula is C22H22FN3O2. The molecular weight excluding hydrogens is 357 g/mol. The Labute approximate surface area is 162 Å². The summed E-state index contributed by atoms with van der Waals surface area (Å²) in [6.45, 7) is 1.92. The third-order valence-corrected chi connectivity index (χ3v) is 5.00. The molecule has 1 aromatic heterocycles. The number of aryl methyl sites for hydroxylation is 2.